The molecule has 1 amide bonds. The predicted octanol–water partition coefficient (Wildman–Crippen LogP) is 3.06. The van der Waals surface area contributed by atoms with Crippen molar-refractivity contribution in [3.05, 3.63) is 46.2 Å². The van der Waals surface area contributed by atoms with E-state index in [4.69, 9.17) is 0 Å². The lowest BCUT2D eigenvalue weighted by atomic mass is 10.1. The van der Waals surface area contributed by atoms with E-state index in [2.05, 4.69) is 10.1 Å². The van der Waals surface area contributed by atoms with Crippen LogP contribution in [0.15, 0.2) is 40.6 Å². The Morgan fingerprint density at radius 1 is 1.17 bits per heavy atom. The molecule has 158 valence electrons. The molecule has 1 aliphatic heterocycles. The first-order chi connectivity index (χ1) is 13.9. The number of ether oxygens (including phenoxy) is 1. The summed E-state index contributed by atoms with van der Waals surface area (Å²) in [6, 6.07) is 7.62. The van der Waals surface area contributed by atoms with Crippen LogP contribution in [0.1, 0.15) is 15.2 Å². The summed E-state index contributed by atoms with van der Waals surface area (Å²) in [7, 11) is -3.69. The van der Waals surface area contributed by atoms with Crippen molar-refractivity contribution in [1.29, 1.82) is 0 Å². The zero-order chi connectivity index (χ0) is 20.9. The molecule has 29 heavy (non-hydrogen) atoms. The summed E-state index contributed by atoms with van der Waals surface area (Å²) >= 11 is 2.80. The first-order valence-electron chi connectivity index (χ1n) is 8.85. The van der Waals surface area contributed by atoms with Crippen LogP contribution in [0.2, 0.25) is 0 Å². The number of sulfonamides is 1. The van der Waals surface area contributed by atoms with Crippen LogP contribution in [0.25, 0.3) is 0 Å². The molecule has 0 radical (unpaired) electrons. The Balaban J connectivity index is 1.58. The third-order valence-electron chi connectivity index (χ3n) is 4.27. The van der Waals surface area contributed by atoms with Crippen molar-refractivity contribution >= 4 is 39.0 Å². The molecule has 1 aromatic heterocycles. The number of benzene rings is 1. The Morgan fingerprint density at radius 3 is 2.52 bits per heavy atom. The number of carbonyl (C=O) groups excluding carboxylic acids is 1. The van der Waals surface area contributed by atoms with Gasteiger partial charge in [0.1, 0.15) is 15.5 Å². The van der Waals surface area contributed by atoms with Crippen LogP contribution in [0.4, 0.5) is 8.78 Å². The van der Waals surface area contributed by atoms with Crippen LogP contribution in [0.5, 0.6) is 5.75 Å². The maximum absolute atomic E-state index is 12.9. The van der Waals surface area contributed by atoms with Crippen LogP contribution in [-0.4, -0.2) is 56.4 Å². The average Bonchev–Trinajstić information content (AvgIpc) is 3.20. The largest absolute Gasteiger partial charge is 0.435 e. The van der Waals surface area contributed by atoms with Crippen LogP contribution in [0.3, 0.4) is 0 Å². The summed E-state index contributed by atoms with van der Waals surface area (Å²) in [6.45, 7) is -1.71. The number of thioether (sulfide) groups is 1. The van der Waals surface area contributed by atoms with Crippen molar-refractivity contribution < 1.29 is 26.7 Å². The maximum Gasteiger partial charge on any atom is 0.387 e. The van der Waals surface area contributed by atoms with Crippen LogP contribution < -0.4 is 10.1 Å². The number of amides is 1. The van der Waals surface area contributed by atoms with Crippen LogP contribution >= 0.6 is 23.1 Å². The third-order valence-corrected chi connectivity index (χ3v) is 8.20. The Kier molecular flexibility index (Phi) is 7.49. The average molecular weight is 463 g/mol. The number of halogens is 2. The molecule has 1 N–H and O–H groups in total. The SMILES string of the molecule is O=C(NCCc1ccc(OC(F)F)cc1)c1sccc1S(=O)(=O)N1CCSCC1. The zero-order valence-electron chi connectivity index (χ0n) is 15.3. The quantitative estimate of drug-likeness (QED) is 0.653. The molecule has 0 spiro atoms. The van der Waals surface area contributed by atoms with Crippen molar-refractivity contribution in [2.75, 3.05) is 31.1 Å². The molecule has 6 nitrogen and oxygen atoms in total. The van der Waals surface area contributed by atoms with Gasteiger partial charge in [0.05, 0.1) is 0 Å². The van der Waals surface area contributed by atoms with Crippen molar-refractivity contribution in [2.45, 2.75) is 17.9 Å². The Hall–Kier alpha value is -1.69. The summed E-state index contributed by atoms with van der Waals surface area (Å²) in [5.41, 5.74) is 0.830. The van der Waals surface area contributed by atoms with Gasteiger partial charge in [-0.1, -0.05) is 12.1 Å². The molecular weight excluding hydrogens is 442 g/mol. The van der Waals surface area contributed by atoms with Gasteiger partial charge in [0.2, 0.25) is 10.0 Å². The van der Waals surface area contributed by atoms with E-state index >= 15 is 0 Å². The van der Waals surface area contributed by atoms with Crippen molar-refractivity contribution in [2.24, 2.45) is 0 Å². The second-order valence-electron chi connectivity index (χ2n) is 6.16. The standard InChI is InChI=1S/C18H20F2N2O4S3/c19-18(20)26-14-3-1-13(2-4-14)5-7-21-17(23)16-15(6-10-28-16)29(24,25)22-8-11-27-12-9-22/h1-4,6,10,18H,5,7-9,11-12H2,(H,21,23). The molecule has 0 atom stereocenters. The van der Waals surface area contributed by atoms with E-state index in [-0.39, 0.29) is 22.1 Å². The molecule has 2 aromatic rings. The molecule has 1 aliphatic rings. The summed E-state index contributed by atoms with van der Waals surface area (Å²) in [6.07, 6.45) is 0.470. The molecular formula is C18H20F2N2O4S3. The van der Waals surface area contributed by atoms with Gasteiger partial charge < -0.3 is 10.1 Å². The molecule has 0 saturated carbocycles. The highest BCUT2D eigenvalue weighted by atomic mass is 32.2. The highest BCUT2D eigenvalue weighted by Crippen LogP contribution is 2.27. The highest BCUT2D eigenvalue weighted by molar-refractivity contribution is 7.99. The second-order valence-corrected chi connectivity index (χ2v) is 10.2. The number of hydrogen-bond acceptors (Lipinski definition) is 6. The summed E-state index contributed by atoms with van der Waals surface area (Å²) in [4.78, 5) is 12.7. The molecule has 0 bridgehead atoms. The minimum Gasteiger partial charge on any atom is -0.435 e. The van der Waals surface area contributed by atoms with E-state index in [1.165, 1.54) is 22.5 Å². The van der Waals surface area contributed by atoms with E-state index in [1.54, 1.807) is 29.3 Å². The lowest BCUT2D eigenvalue weighted by Gasteiger charge is -2.25. The topological polar surface area (TPSA) is 75.7 Å². The molecule has 0 aliphatic carbocycles. The number of hydrogen-bond donors (Lipinski definition) is 1. The molecule has 3 rings (SSSR count). The number of nitrogens with one attached hydrogen (secondary N) is 1. The van der Waals surface area contributed by atoms with Gasteiger partial charge in [0.25, 0.3) is 5.91 Å². The van der Waals surface area contributed by atoms with Crippen molar-refractivity contribution in [3.63, 3.8) is 0 Å². The Labute approximate surface area is 176 Å². The van der Waals surface area contributed by atoms with Gasteiger partial charge in [0.15, 0.2) is 0 Å². The summed E-state index contributed by atoms with van der Waals surface area (Å²) < 4.78 is 55.8. The minimum absolute atomic E-state index is 0.0420. The number of rotatable bonds is 8. The van der Waals surface area contributed by atoms with Crippen molar-refractivity contribution in [3.8, 4) is 5.75 Å². The second kappa shape index (κ2) is 9.88. The number of alkyl halides is 2. The Morgan fingerprint density at radius 2 is 1.86 bits per heavy atom. The Bertz CT molecular complexity index is 927. The van der Waals surface area contributed by atoms with Gasteiger partial charge in [-0.2, -0.15) is 24.8 Å². The summed E-state index contributed by atoms with van der Waals surface area (Å²) in [5.74, 6) is 1.11. The van der Waals surface area contributed by atoms with E-state index in [0.717, 1.165) is 28.4 Å². The molecule has 1 saturated heterocycles. The van der Waals surface area contributed by atoms with Gasteiger partial charge in [-0.05, 0) is 35.6 Å². The number of thiophene rings is 1. The lowest BCUT2D eigenvalue weighted by molar-refractivity contribution is -0.0498. The third kappa shape index (κ3) is 5.68. The highest BCUT2D eigenvalue weighted by Gasteiger charge is 2.31. The molecule has 1 fully saturated rings. The lowest BCUT2D eigenvalue weighted by Crippen LogP contribution is -2.38. The molecule has 11 heteroatoms. The predicted molar refractivity (Wildman–Crippen MR) is 110 cm³/mol. The minimum atomic E-state index is -3.69. The van der Waals surface area contributed by atoms with E-state index in [1.807, 2.05) is 0 Å². The normalized spacial score (nSPS) is 15.4. The smallest absolute Gasteiger partial charge is 0.387 e. The van der Waals surface area contributed by atoms with Crippen LogP contribution in [0, 0.1) is 0 Å². The molecule has 0 unspecified atom stereocenters. The first kappa shape index (κ1) is 22.0. The van der Waals surface area contributed by atoms with Crippen LogP contribution in [-0.2, 0) is 16.4 Å². The maximum atomic E-state index is 12.9. The number of nitrogens with zero attached hydrogens (tertiary/aromatic N) is 1. The van der Waals surface area contributed by atoms with E-state index in [0.29, 0.717) is 19.5 Å². The van der Waals surface area contributed by atoms with Gasteiger partial charge >= 0.3 is 6.61 Å². The first-order valence-corrected chi connectivity index (χ1v) is 12.3. The molecule has 1 aromatic carbocycles. The van der Waals surface area contributed by atoms with Gasteiger partial charge in [-0.25, -0.2) is 8.42 Å². The fourth-order valence-corrected chi connectivity index (χ4v) is 6.72. The van der Waals surface area contributed by atoms with Crippen molar-refractivity contribution in [1.82, 2.24) is 9.62 Å². The number of carbonyl (C=O) groups is 1. The summed E-state index contributed by atoms with van der Waals surface area (Å²) in [5, 5.41) is 4.33. The van der Waals surface area contributed by atoms with E-state index < -0.39 is 22.5 Å². The van der Waals surface area contributed by atoms with Gasteiger partial charge in [-0.3, -0.25) is 4.79 Å². The van der Waals surface area contributed by atoms with Gasteiger partial charge in [0, 0.05) is 31.1 Å². The molecule has 2 heterocycles. The fraction of sp³-hybridized carbons (Fsp3) is 0.389. The zero-order valence-corrected chi connectivity index (χ0v) is 17.8. The fourth-order valence-electron chi connectivity index (χ4n) is 2.83. The monoisotopic (exact) mass is 462 g/mol. The van der Waals surface area contributed by atoms with E-state index in [9.17, 15) is 22.0 Å². The van der Waals surface area contributed by atoms with Gasteiger partial charge in [-0.15, -0.1) is 11.3 Å².